The van der Waals surface area contributed by atoms with Crippen LogP contribution >= 0.6 is 0 Å². The third-order valence-corrected chi connectivity index (χ3v) is 3.69. The van der Waals surface area contributed by atoms with Crippen LogP contribution in [0.1, 0.15) is 43.5 Å². The molecule has 1 aromatic rings. The van der Waals surface area contributed by atoms with Crippen LogP contribution in [0.15, 0.2) is 6.07 Å². The second kappa shape index (κ2) is 5.22. The van der Waals surface area contributed by atoms with Crippen LogP contribution in [-0.2, 0) is 6.42 Å². The van der Waals surface area contributed by atoms with Gasteiger partial charge in [0.2, 0.25) is 5.95 Å². The molecule has 0 amide bonds. The van der Waals surface area contributed by atoms with E-state index >= 15 is 0 Å². The Kier molecular flexibility index (Phi) is 3.46. The first-order chi connectivity index (χ1) is 8.86. The first-order valence-corrected chi connectivity index (χ1v) is 7.20. The van der Waals surface area contributed by atoms with Gasteiger partial charge in [0.05, 0.1) is 0 Å². The minimum absolute atomic E-state index is 0.713. The number of nitrogens with one attached hydrogen (secondary N) is 1. The molecule has 2 heterocycles. The number of nitrogens with zero attached hydrogens (tertiary/aromatic N) is 3. The molecule has 98 valence electrons. The molecule has 3 rings (SSSR count). The van der Waals surface area contributed by atoms with Gasteiger partial charge in [0.25, 0.3) is 0 Å². The van der Waals surface area contributed by atoms with Crippen molar-refractivity contribution in [3.05, 3.63) is 17.5 Å². The molecule has 1 aromatic heterocycles. The number of aryl methyl sites for hydroxylation is 1. The molecule has 1 N–H and O–H groups in total. The van der Waals surface area contributed by atoms with Gasteiger partial charge in [0.1, 0.15) is 0 Å². The normalized spacial score (nSPS) is 20.2. The summed E-state index contributed by atoms with van der Waals surface area (Å²) >= 11 is 0. The second-order valence-corrected chi connectivity index (χ2v) is 5.35. The van der Waals surface area contributed by atoms with E-state index in [0.717, 1.165) is 45.0 Å². The third kappa shape index (κ3) is 2.64. The van der Waals surface area contributed by atoms with Crippen molar-refractivity contribution in [3.63, 3.8) is 0 Å². The topological polar surface area (TPSA) is 41.1 Å². The van der Waals surface area contributed by atoms with Gasteiger partial charge in [0, 0.05) is 43.5 Å². The Morgan fingerprint density at radius 1 is 1.28 bits per heavy atom. The smallest absolute Gasteiger partial charge is 0.225 e. The Labute approximate surface area is 109 Å². The summed E-state index contributed by atoms with van der Waals surface area (Å²) in [5.41, 5.74) is 2.50. The molecule has 0 spiro atoms. The van der Waals surface area contributed by atoms with Crippen molar-refractivity contribution < 1.29 is 0 Å². The van der Waals surface area contributed by atoms with Crippen LogP contribution in [0, 0.1) is 0 Å². The number of rotatable bonds is 4. The molecule has 0 atom stereocenters. The Balaban J connectivity index is 1.86. The molecular formula is C14H22N4. The van der Waals surface area contributed by atoms with E-state index in [0.29, 0.717) is 5.92 Å². The standard InChI is InChI=1S/C14H22N4/c1-2-3-12-10-13(11-4-5-11)17-14(16-12)18-8-6-15-7-9-18/h10-11,15H,2-9H2,1H3. The Morgan fingerprint density at radius 2 is 2.06 bits per heavy atom. The van der Waals surface area contributed by atoms with Gasteiger partial charge < -0.3 is 10.2 Å². The minimum Gasteiger partial charge on any atom is -0.338 e. The number of anilines is 1. The summed E-state index contributed by atoms with van der Waals surface area (Å²) in [7, 11) is 0. The lowest BCUT2D eigenvalue weighted by atomic mass is 10.2. The number of piperazine rings is 1. The van der Waals surface area contributed by atoms with E-state index in [4.69, 9.17) is 9.97 Å². The van der Waals surface area contributed by atoms with Crippen molar-refractivity contribution in [2.45, 2.75) is 38.5 Å². The van der Waals surface area contributed by atoms with E-state index in [1.807, 2.05) is 0 Å². The maximum absolute atomic E-state index is 4.79. The van der Waals surface area contributed by atoms with Crippen LogP contribution < -0.4 is 10.2 Å². The summed E-state index contributed by atoms with van der Waals surface area (Å²) in [5.74, 6) is 1.68. The van der Waals surface area contributed by atoms with E-state index < -0.39 is 0 Å². The molecule has 1 saturated carbocycles. The zero-order valence-corrected chi connectivity index (χ0v) is 11.2. The van der Waals surface area contributed by atoms with Crippen LogP contribution in [0.3, 0.4) is 0 Å². The van der Waals surface area contributed by atoms with Crippen LogP contribution in [0.5, 0.6) is 0 Å². The lowest BCUT2D eigenvalue weighted by molar-refractivity contribution is 0.577. The van der Waals surface area contributed by atoms with Crippen LogP contribution in [0.2, 0.25) is 0 Å². The first-order valence-electron chi connectivity index (χ1n) is 7.20. The maximum Gasteiger partial charge on any atom is 0.225 e. The zero-order valence-electron chi connectivity index (χ0n) is 11.2. The van der Waals surface area contributed by atoms with E-state index in [1.54, 1.807) is 0 Å². The van der Waals surface area contributed by atoms with Crippen LogP contribution in [0.4, 0.5) is 5.95 Å². The highest BCUT2D eigenvalue weighted by Crippen LogP contribution is 2.39. The number of aromatic nitrogens is 2. The molecule has 0 unspecified atom stereocenters. The highest BCUT2D eigenvalue weighted by Gasteiger charge is 2.27. The fourth-order valence-electron chi connectivity index (χ4n) is 2.48. The SMILES string of the molecule is CCCc1cc(C2CC2)nc(N2CCNCC2)n1. The number of hydrogen-bond acceptors (Lipinski definition) is 4. The monoisotopic (exact) mass is 246 g/mol. The first kappa shape index (κ1) is 11.9. The highest BCUT2D eigenvalue weighted by molar-refractivity contribution is 5.35. The van der Waals surface area contributed by atoms with Gasteiger partial charge in [-0.3, -0.25) is 0 Å². The largest absolute Gasteiger partial charge is 0.338 e. The van der Waals surface area contributed by atoms with Gasteiger partial charge in [0.15, 0.2) is 0 Å². The molecule has 2 aliphatic rings. The average Bonchev–Trinajstić information content (AvgIpc) is 3.24. The molecule has 1 aliphatic heterocycles. The predicted octanol–water partition coefficient (Wildman–Crippen LogP) is 1.72. The van der Waals surface area contributed by atoms with Crippen molar-refractivity contribution in [2.75, 3.05) is 31.1 Å². The number of hydrogen-bond donors (Lipinski definition) is 1. The van der Waals surface area contributed by atoms with E-state index in [1.165, 1.54) is 24.2 Å². The lowest BCUT2D eigenvalue weighted by Crippen LogP contribution is -2.44. The van der Waals surface area contributed by atoms with Crippen LogP contribution in [-0.4, -0.2) is 36.1 Å². The molecule has 4 nitrogen and oxygen atoms in total. The fraction of sp³-hybridized carbons (Fsp3) is 0.714. The second-order valence-electron chi connectivity index (χ2n) is 5.35. The summed E-state index contributed by atoms with van der Waals surface area (Å²) in [4.78, 5) is 11.9. The fourth-order valence-corrected chi connectivity index (χ4v) is 2.48. The zero-order chi connectivity index (χ0) is 12.4. The van der Waals surface area contributed by atoms with Crippen molar-refractivity contribution >= 4 is 5.95 Å². The minimum atomic E-state index is 0.713. The Bertz CT molecular complexity index is 408. The maximum atomic E-state index is 4.79. The van der Waals surface area contributed by atoms with Gasteiger partial charge in [-0.15, -0.1) is 0 Å². The van der Waals surface area contributed by atoms with Crippen LogP contribution in [0.25, 0.3) is 0 Å². The third-order valence-electron chi connectivity index (χ3n) is 3.69. The Morgan fingerprint density at radius 3 is 2.72 bits per heavy atom. The predicted molar refractivity (Wildman–Crippen MR) is 73.1 cm³/mol. The average molecular weight is 246 g/mol. The van der Waals surface area contributed by atoms with Gasteiger partial charge in [-0.1, -0.05) is 13.3 Å². The molecule has 0 aromatic carbocycles. The van der Waals surface area contributed by atoms with Gasteiger partial charge in [-0.05, 0) is 25.3 Å². The van der Waals surface area contributed by atoms with E-state index in [2.05, 4.69) is 23.2 Å². The summed E-state index contributed by atoms with van der Waals surface area (Å²) in [6, 6.07) is 2.23. The van der Waals surface area contributed by atoms with Crippen molar-refractivity contribution in [1.82, 2.24) is 15.3 Å². The van der Waals surface area contributed by atoms with Gasteiger partial charge in [-0.2, -0.15) is 0 Å². The van der Waals surface area contributed by atoms with Crippen molar-refractivity contribution in [3.8, 4) is 0 Å². The van der Waals surface area contributed by atoms with Crippen molar-refractivity contribution in [2.24, 2.45) is 0 Å². The highest BCUT2D eigenvalue weighted by atomic mass is 15.3. The molecule has 0 radical (unpaired) electrons. The summed E-state index contributed by atoms with van der Waals surface area (Å²) in [6.07, 6.45) is 4.84. The van der Waals surface area contributed by atoms with Crippen molar-refractivity contribution in [1.29, 1.82) is 0 Å². The summed E-state index contributed by atoms with van der Waals surface area (Å²) in [6.45, 7) is 6.35. The van der Waals surface area contributed by atoms with Gasteiger partial charge >= 0.3 is 0 Å². The van der Waals surface area contributed by atoms with E-state index in [-0.39, 0.29) is 0 Å². The quantitative estimate of drug-likeness (QED) is 0.878. The van der Waals surface area contributed by atoms with E-state index in [9.17, 15) is 0 Å². The summed E-state index contributed by atoms with van der Waals surface area (Å²) < 4.78 is 0. The lowest BCUT2D eigenvalue weighted by Gasteiger charge is -2.28. The molecule has 0 bridgehead atoms. The molecular weight excluding hydrogens is 224 g/mol. The molecule has 2 fully saturated rings. The molecule has 1 saturated heterocycles. The van der Waals surface area contributed by atoms with Gasteiger partial charge in [-0.25, -0.2) is 9.97 Å². The molecule has 4 heteroatoms. The molecule has 1 aliphatic carbocycles. The summed E-state index contributed by atoms with van der Waals surface area (Å²) in [5, 5.41) is 3.38. The molecule has 18 heavy (non-hydrogen) atoms. The Hall–Kier alpha value is -1.16.